The molecule has 0 saturated heterocycles. The maximum absolute atomic E-state index is 14.1. The van der Waals surface area contributed by atoms with Crippen LogP contribution < -0.4 is 0 Å². The van der Waals surface area contributed by atoms with Crippen molar-refractivity contribution in [2.45, 2.75) is 427 Å². The van der Waals surface area contributed by atoms with Crippen LogP contribution in [0.25, 0.3) is 0 Å². The van der Waals surface area contributed by atoms with Gasteiger partial charge in [0.15, 0.2) is 0 Å². The van der Waals surface area contributed by atoms with Gasteiger partial charge in [-0.05, 0) is 71.9 Å². The third-order valence-corrected chi connectivity index (χ3v) is 18.0. The van der Waals surface area contributed by atoms with E-state index in [1.54, 1.807) is 0 Å². The molecule has 0 radical (unpaired) electrons. The lowest BCUT2D eigenvalue weighted by Gasteiger charge is -2.33. The summed E-state index contributed by atoms with van der Waals surface area (Å²) >= 11 is 0. The summed E-state index contributed by atoms with van der Waals surface area (Å²) in [5.41, 5.74) is 0. The summed E-state index contributed by atoms with van der Waals surface area (Å²) < 4.78 is 0. The smallest absolute Gasteiger partial charge is 0.224 e. The molecule has 0 aromatic carbocycles. The first-order chi connectivity index (χ1) is 41.2. The van der Waals surface area contributed by atoms with Crippen LogP contribution in [0, 0.1) is 0 Å². The van der Waals surface area contributed by atoms with E-state index in [0.29, 0.717) is 43.0 Å². The largest absolute Gasteiger partial charge is 0.343 e. The third kappa shape index (κ3) is 60.6. The first-order valence-electron chi connectivity index (χ1n) is 38.7. The van der Waals surface area contributed by atoms with Gasteiger partial charge >= 0.3 is 0 Å². The molecule has 0 rings (SSSR count). The molecule has 0 fully saturated rings. The van der Waals surface area contributed by atoms with E-state index in [1.165, 1.54) is 283 Å². The van der Waals surface area contributed by atoms with Gasteiger partial charge in [0.25, 0.3) is 0 Å². The lowest BCUT2D eigenvalue weighted by atomic mass is 9.97. The third-order valence-electron chi connectivity index (χ3n) is 18.0. The van der Waals surface area contributed by atoms with Crippen molar-refractivity contribution in [2.75, 3.05) is 53.4 Å². The van der Waals surface area contributed by atoms with Gasteiger partial charge in [-0.25, -0.2) is 0 Å². The lowest BCUT2D eigenvalue weighted by Crippen LogP contribution is -2.42. The average Bonchev–Trinajstić information content (AvgIpc) is 3.56. The molecule has 0 bridgehead atoms. The predicted molar refractivity (Wildman–Crippen MR) is 375 cm³/mol. The molecule has 3 amide bonds. The zero-order valence-electron chi connectivity index (χ0n) is 59.3. The fraction of sp³-hybridized carbons (Fsp3) is 0.961. The van der Waals surface area contributed by atoms with Crippen molar-refractivity contribution >= 4 is 17.7 Å². The Morgan fingerprint density at radius 3 is 0.702 bits per heavy atom. The molecule has 84 heavy (non-hydrogen) atoms. The van der Waals surface area contributed by atoms with Crippen LogP contribution in [0.15, 0.2) is 0 Å². The van der Waals surface area contributed by atoms with Gasteiger partial charge in [0, 0.05) is 64.6 Å². The van der Waals surface area contributed by atoms with Crippen molar-refractivity contribution in [3.63, 3.8) is 0 Å². The molecule has 0 aliphatic carbocycles. The second-order valence-electron chi connectivity index (χ2n) is 27.0. The Hall–Kier alpha value is -1.63. The van der Waals surface area contributed by atoms with Gasteiger partial charge in [-0.2, -0.15) is 0 Å². The maximum Gasteiger partial charge on any atom is 0.224 e. The minimum atomic E-state index is 0.334. The molecule has 0 atom stereocenters. The highest BCUT2D eigenvalue weighted by Gasteiger charge is 2.23. The Kier molecular flexibility index (Phi) is 70.8. The van der Waals surface area contributed by atoms with Crippen molar-refractivity contribution in [1.29, 1.82) is 0 Å². The lowest BCUT2D eigenvalue weighted by molar-refractivity contribution is -0.134. The standard InChI is InChI=1S/C74H148N4O3.C3H8/c1-8-13-18-23-28-37-46-55-65-76(66-56-47-38-29-24-19-14-9-2)72(79)62-53-44-35-33-42-51-60-71(78(74(81)64-70-75(6)7)69-59-50-41-32-27-22-17-12-5)61-52-43-34-36-45-54-63-73(80)77(67-57-48-39-30-25-20-15-10-3)68-58-49-40-31-26-21-16-11-4;1-3-2/h71H,8-70H2,1-7H3;3H2,1-2H3. The van der Waals surface area contributed by atoms with Gasteiger partial charge in [-0.1, -0.05) is 344 Å². The zero-order chi connectivity index (χ0) is 61.9. The fourth-order valence-electron chi connectivity index (χ4n) is 12.4. The molecule has 7 nitrogen and oxygen atoms in total. The molecule has 7 heteroatoms. The Labute approximate surface area is 529 Å². The Morgan fingerprint density at radius 2 is 0.452 bits per heavy atom. The number of hydrogen-bond donors (Lipinski definition) is 0. The second-order valence-corrected chi connectivity index (χ2v) is 27.0. The van der Waals surface area contributed by atoms with Crippen LogP contribution in [-0.4, -0.2) is 96.7 Å². The first kappa shape index (κ1) is 84.4. The molecule has 502 valence electrons. The quantitative estimate of drug-likeness (QED) is 0.0569. The molecular formula is C77H156N4O3. The number of amides is 3. The topological polar surface area (TPSA) is 64.2 Å². The molecule has 0 aliphatic heterocycles. The summed E-state index contributed by atoms with van der Waals surface area (Å²) in [5.74, 6) is 1.18. The number of rotatable bonds is 67. The number of hydrogen-bond acceptors (Lipinski definition) is 4. The van der Waals surface area contributed by atoms with Crippen LogP contribution in [0.1, 0.15) is 421 Å². The summed E-state index contributed by atoms with van der Waals surface area (Å²) in [6.45, 7) is 21.3. The van der Waals surface area contributed by atoms with Gasteiger partial charge in [-0.3, -0.25) is 14.4 Å². The van der Waals surface area contributed by atoms with Gasteiger partial charge in [-0.15, -0.1) is 0 Å². The van der Waals surface area contributed by atoms with E-state index in [-0.39, 0.29) is 0 Å². The van der Waals surface area contributed by atoms with E-state index < -0.39 is 0 Å². The van der Waals surface area contributed by atoms with Crippen molar-refractivity contribution in [3.05, 3.63) is 0 Å². The van der Waals surface area contributed by atoms with Gasteiger partial charge in [0.1, 0.15) is 0 Å². The molecule has 0 saturated carbocycles. The Morgan fingerprint density at radius 1 is 0.238 bits per heavy atom. The number of carbonyl (C=O) groups is 3. The second kappa shape index (κ2) is 70.5. The average molecular weight is 1190 g/mol. The Balaban J connectivity index is 0. The summed E-state index contributed by atoms with van der Waals surface area (Å²) in [6.07, 6.45) is 71.9. The maximum atomic E-state index is 14.1. The summed E-state index contributed by atoms with van der Waals surface area (Å²) in [4.78, 5) is 50.4. The van der Waals surface area contributed by atoms with Gasteiger partial charge in [0.05, 0.1) is 0 Å². The first-order valence-corrected chi connectivity index (χ1v) is 38.7. The fourth-order valence-corrected chi connectivity index (χ4v) is 12.4. The van der Waals surface area contributed by atoms with Crippen LogP contribution in [0.5, 0.6) is 0 Å². The molecule has 0 aromatic heterocycles. The van der Waals surface area contributed by atoms with E-state index in [9.17, 15) is 14.4 Å². The Bertz CT molecular complexity index is 1200. The van der Waals surface area contributed by atoms with Crippen LogP contribution in [-0.2, 0) is 14.4 Å². The van der Waals surface area contributed by atoms with E-state index in [2.05, 4.69) is 82.2 Å². The summed E-state index contributed by atoms with van der Waals surface area (Å²) in [6, 6.07) is 0.334. The normalized spacial score (nSPS) is 11.5. The summed E-state index contributed by atoms with van der Waals surface area (Å²) in [5, 5.41) is 0. The molecule has 0 aliphatic rings. The highest BCUT2D eigenvalue weighted by atomic mass is 16.2. The summed E-state index contributed by atoms with van der Waals surface area (Å²) in [7, 11) is 4.19. The molecule has 0 unspecified atom stereocenters. The van der Waals surface area contributed by atoms with Crippen LogP contribution in [0.2, 0.25) is 0 Å². The molecular weight excluding hydrogens is 1030 g/mol. The van der Waals surface area contributed by atoms with E-state index in [1.807, 2.05) is 0 Å². The minimum absolute atomic E-state index is 0.334. The van der Waals surface area contributed by atoms with Crippen molar-refractivity contribution in [1.82, 2.24) is 19.6 Å². The van der Waals surface area contributed by atoms with Crippen molar-refractivity contribution in [3.8, 4) is 0 Å². The number of unbranched alkanes of at least 4 members (excludes halogenated alkanes) is 45. The van der Waals surface area contributed by atoms with E-state index in [4.69, 9.17) is 0 Å². The van der Waals surface area contributed by atoms with Crippen molar-refractivity contribution in [2.24, 2.45) is 0 Å². The SMILES string of the molecule is CCC.CCCCCCCCCCN(CCCCCCCCCC)C(=O)CCCCCCCCC(CCCCCCCCC(=O)N(CCCCCCCCCC)CCCCCCCCCC)N(CCCCCCCCCC)C(=O)CCN(C)C. The predicted octanol–water partition coefficient (Wildman–Crippen LogP) is 24.2. The van der Waals surface area contributed by atoms with E-state index in [0.717, 1.165) is 110 Å². The van der Waals surface area contributed by atoms with Crippen LogP contribution in [0.3, 0.4) is 0 Å². The zero-order valence-corrected chi connectivity index (χ0v) is 59.3. The van der Waals surface area contributed by atoms with Crippen LogP contribution in [0.4, 0.5) is 0 Å². The molecule has 0 aromatic rings. The van der Waals surface area contributed by atoms with E-state index >= 15 is 0 Å². The highest BCUT2D eigenvalue weighted by molar-refractivity contribution is 5.77. The number of carbonyl (C=O) groups excluding carboxylic acids is 3. The molecule has 0 heterocycles. The molecule has 0 N–H and O–H groups in total. The monoisotopic (exact) mass is 1190 g/mol. The van der Waals surface area contributed by atoms with Gasteiger partial charge in [0.2, 0.25) is 17.7 Å². The number of nitrogens with zero attached hydrogens (tertiary/aromatic N) is 4. The molecule has 0 spiro atoms. The van der Waals surface area contributed by atoms with Crippen LogP contribution >= 0.6 is 0 Å². The minimum Gasteiger partial charge on any atom is -0.343 e. The van der Waals surface area contributed by atoms with Crippen molar-refractivity contribution < 1.29 is 14.4 Å². The van der Waals surface area contributed by atoms with Gasteiger partial charge < -0.3 is 19.6 Å². The highest BCUT2D eigenvalue weighted by Crippen LogP contribution is 2.23.